The minimum atomic E-state index is -0.547. The van der Waals surface area contributed by atoms with Gasteiger partial charge in [0.25, 0.3) is 0 Å². The van der Waals surface area contributed by atoms with Crippen LogP contribution in [0.4, 0.5) is 9.59 Å². The SMILES string of the molecule is O=C(OCc1ccccc1)n1c(C=C2C(=S)c3ccccc3C2=S)cc2sc3c(sc4cc(C=C5C(=S)c6ccccc6C5=S)n(C(=O)OCc5ccccc5)c43)c21. The molecule has 0 unspecified atom stereocenters. The molecule has 0 aliphatic heterocycles. The molecular weight excluding hydrogens is 837 g/mol. The molecule has 58 heavy (non-hydrogen) atoms. The van der Waals surface area contributed by atoms with Crippen molar-refractivity contribution in [2.75, 3.05) is 0 Å². The molecule has 12 heteroatoms. The van der Waals surface area contributed by atoms with Crippen molar-refractivity contribution in [3.8, 4) is 0 Å². The number of hydrogen-bond acceptors (Lipinski definition) is 10. The zero-order chi connectivity index (χ0) is 39.7. The first-order valence-corrected chi connectivity index (χ1v) is 21.4. The van der Waals surface area contributed by atoms with E-state index in [9.17, 15) is 9.59 Å². The molecule has 280 valence electrons. The Labute approximate surface area is 361 Å². The second kappa shape index (κ2) is 14.7. The lowest BCUT2D eigenvalue weighted by molar-refractivity contribution is 0.141. The molecular formula is C46H26N2O4S6. The van der Waals surface area contributed by atoms with E-state index in [1.54, 1.807) is 9.13 Å². The van der Waals surface area contributed by atoms with Crippen molar-refractivity contribution in [1.82, 2.24) is 9.13 Å². The summed E-state index contributed by atoms with van der Waals surface area (Å²) in [7, 11) is 0. The van der Waals surface area contributed by atoms with Crippen molar-refractivity contribution in [3.63, 3.8) is 0 Å². The Balaban J connectivity index is 1.14. The summed E-state index contributed by atoms with van der Waals surface area (Å²) in [6, 6.07) is 38.6. The van der Waals surface area contributed by atoms with Crippen LogP contribution in [0, 0.1) is 0 Å². The van der Waals surface area contributed by atoms with E-state index in [2.05, 4.69) is 0 Å². The zero-order valence-corrected chi connectivity index (χ0v) is 35.0. The average Bonchev–Trinajstić information content (AvgIpc) is 4.06. The molecule has 0 bridgehead atoms. The quantitative estimate of drug-likeness (QED) is 0.121. The molecule has 2 aliphatic carbocycles. The predicted molar refractivity (Wildman–Crippen MR) is 250 cm³/mol. The number of carbonyl (C=O) groups is 2. The number of fused-ring (bicyclic) bond motifs is 7. The van der Waals surface area contributed by atoms with Crippen molar-refractivity contribution in [3.05, 3.63) is 177 Å². The Kier molecular flexibility index (Phi) is 9.28. The van der Waals surface area contributed by atoms with Crippen LogP contribution in [0.3, 0.4) is 0 Å². The van der Waals surface area contributed by atoms with Crippen LogP contribution in [-0.4, -0.2) is 40.8 Å². The number of aromatic nitrogens is 2. The molecule has 4 aromatic carbocycles. The van der Waals surface area contributed by atoms with Gasteiger partial charge in [-0.1, -0.05) is 158 Å². The van der Waals surface area contributed by atoms with Gasteiger partial charge in [-0.3, -0.25) is 0 Å². The van der Waals surface area contributed by atoms with Crippen LogP contribution < -0.4 is 0 Å². The molecule has 0 fully saturated rings. The van der Waals surface area contributed by atoms with Gasteiger partial charge in [0.2, 0.25) is 0 Å². The van der Waals surface area contributed by atoms with Gasteiger partial charge in [-0.25, -0.2) is 18.7 Å². The van der Waals surface area contributed by atoms with Gasteiger partial charge in [0.1, 0.15) is 13.2 Å². The van der Waals surface area contributed by atoms with Crippen LogP contribution in [0.1, 0.15) is 44.8 Å². The first-order chi connectivity index (χ1) is 28.3. The summed E-state index contributed by atoms with van der Waals surface area (Å²) in [5.74, 6) is 0. The van der Waals surface area contributed by atoms with E-state index < -0.39 is 12.2 Å². The first-order valence-electron chi connectivity index (χ1n) is 18.1. The molecule has 0 N–H and O–H groups in total. The molecule has 0 atom stereocenters. The van der Waals surface area contributed by atoms with E-state index in [1.807, 2.05) is 133 Å². The maximum Gasteiger partial charge on any atom is 0.419 e. The van der Waals surface area contributed by atoms with Gasteiger partial charge in [0.15, 0.2) is 0 Å². The average molecular weight is 863 g/mol. The van der Waals surface area contributed by atoms with Crippen LogP contribution in [0.5, 0.6) is 0 Å². The Hall–Kier alpha value is -5.60. The highest BCUT2D eigenvalue weighted by molar-refractivity contribution is 7.84. The fourth-order valence-corrected chi connectivity index (χ4v) is 11.7. The van der Waals surface area contributed by atoms with Crippen LogP contribution in [0.25, 0.3) is 42.0 Å². The number of thiocarbonyl (C=S) groups is 4. The number of carbonyl (C=O) groups excluding carboxylic acids is 2. The molecule has 0 saturated carbocycles. The van der Waals surface area contributed by atoms with Gasteiger partial charge >= 0.3 is 12.2 Å². The standard InChI is InChI=1S/C46H26N2O4S6/c49-45(51-23-25-11-3-1-4-12-25)47-27(19-33-39(53)29-15-7-8-16-30(29)40(33)54)21-35-37(47)43-44(57-35)38-36(58-43)22-28(48(38)46(50)52-24-26-13-5-2-6-14-26)20-34-41(55)31-17-9-10-18-32(31)42(34)56/h1-22H,23-24H2. The number of allylic oxidation sites excluding steroid dienone is 2. The molecule has 4 heterocycles. The summed E-state index contributed by atoms with van der Waals surface area (Å²) in [5.41, 5.74) is 9.26. The number of rotatable bonds is 6. The molecule has 6 nitrogen and oxygen atoms in total. The van der Waals surface area contributed by atoms with Gasteiger partial charge in [0.05, 0.1) is 60.7 Å². The highest BCUT2D eigenvalue weighted by atomic mass is 32.1. The molecule has 4 aromatic heterocycles. The molecule has 8 aromatic rings. The minimum absolute atomic E-state index is 0.0846. The summed E-state index contributed by atoms with van der Waals surface area (Å²) in [4.78, 5) is 31.1. The van der Waals surface area contributed by atoms with E-state index in [0.29, 0.717) is 53.0 Å². The van der Waals surface area contributed by atoms with Crippen LogP contribution in [-0.2, 0) is 22.7 Å². The third-order valence-corrected chi connectivity index (χ3v) is 14.4. The van der Waals surface area contributed by atoms with Crippen LogP contribution in [0.2, 0.25) is 0 Å². The molecule has 0 saturated heterocycles. The lowest BCUT2D eigenvalue weighted by Crippen LogP contribution is -2.15. The fraction of sp³-hybridized carbons (Fsp3) is 0.0435. The number of ether oxygens (including phenoxy) is 2. The highest BCUT2D eigenvalue weighted by Gasteiger charge is 2.31. The molecule has 0 amide bonds. The summed E-state index contributed by atoms with van der Waals surface area (Å²) < 4.78 is 18.5. The Bertz CT molecular complexity index is 2890. The third-order valence-electron chi connectivity index (χ3n) is 10.2. The zero-order valence-electron chi connectivity index (χ0n) is 30.1. The highest BCUT2D eigenvalue weighted by Crippen LogP contribution is 2.47. The maximum absolute atomic E-state index is 14.3. The van der Waals surface area contributed by atoms with Crippen molar-refractivity contribution >= 4 is 145 Å². The van der Waals surface area contributed by atoms with E-state index in [1.165, 1.54) is 22.7 Å². The van der Waals surface area contributed by atoms with Gasteiger partial charge in [-0.2, -0.15) is 0 Å². The van der Waals surface area contributed by atoms with Crippen molar-refractivity contribution < 1.29 is 19.1 Å². The third kappa shape index (κ3) is 6.07. The molecule has 10 rings (SSSR count). The number of nitrogens with zero attached hydrogens (tertiary/aromatic N) is 2. The van der Waals surface area contributed by atoms with E-state index in [-0.39, 0.29) is 13.2 Å². The summed E-state index contributed by atoms with van der Waals surface area (Å²) in [6.07, 6.45) is 2.68. The Morgan fingerprint density at radius 3 is 1.17 bits per heavy atom. The monoisotopic (exact) mass is 862 g/mol. The molecule has 2 aliphatic rings. The topological polar surface area (TPSA) is 62.5 Å². The van der Waals surface area contributed by atoms with Crippen molar-refractivity contribution in [2.24, 2.45) is 0 Å². The number of thiophene rings is 2. The predicted octanol–water partition coefficient (Wildman–Crippen LogP) is 12.3. The minimum Gasteiger partial charge on any atom is -0.444 e. The summed E-state index contributed by atoms with van der Waals surface area (Å²) in [6.45, 7) is 0.169. The van der Waals surface area contributed by atoms with Crippen LogP contribution in [0.15, 0.2) is 132 Å². The number of hydrogen-bond donors (Lipinski definition) is 0. The molecule has 0 radical (unpaired) electrons. The molecule has 0 spiro atoms. The summed E-state index contributed by atoms with van der Waals surface area (Å²) in [5, 5.41) is 0. The van der Waals surface area contributed by atoms with E-state index in [0.717, 1.165) is 52.2 Å². The van der Waals surface area contributed by atoms with Crippen molar-refractivity contribution in [1.29, 1.82) is 0 Å². The van der Waals surface area contributed by atoms with E-state index >= 15 is 0 Å². The second-order valence-corrected chi connectivity index (χ2v) is 17.4. The van der Waals surface area contributed by atoms with E-state index in [4.69, 9.17) is 58.3 Å². The fourth-order valence-electron chi connectivity index (χ4n) is 7.50. The Morgan fingerprint density at radius 2 is 0.828 bits per heavy atom. The van der Waals surface area contributed by atoms with Crippen LogP contribution >= 0.6 is 71.5 Å². The lowest BCUT2D eigenvalue weighted by Gasteiger charge is -2.10. The largest absolute Gasteiger partial charge is 0.444 e. The Morgan fingerprint density at radius 1 is 0.500 bits per heavy atom. The van der Waals surface area contributed by atoms with Crippen molar-refractivity contribution in [2.45, 2.75) is 13.2 Å². The van der Waals surface area contributed by atoms with Gasteiger partial charge in [-0.15, -0.1) is 22.7 Å². The van der Waals surface area contributed by atoms with Gasteiger partial charge in [-0.05, 0) is 35.4 Å². The smallest absolute Gasteiger partial charge is 0.419 e. The maximum atomic E-state index is 14.3. The van der Waals surface area contributed by atoms with Gasteiger partial charge < -0.3 is 9.47 Å². The lowest BCUT2D eigenvalue weighted by atomic mass is 10.1. The summed E-state index contributed by atoms with van der Waals surface area (Å²) >= 11 is 26.6. The number of benzene rings is 4. The van der Waals surface area contributed by atoms with Gasteiger partial charge in [0, 0.05) is 33.4 Å². The first kappa shape index (κ1) is 36.7. The normalized spacial score (nSPS) is 13.5. The second-order valence-electron chi connectivity index (χ2n) is 13.7.